The second kappa shape index (κ2) is 8.60. The summed E-state index contributed by atoms with van der Waals surface area (Å²) in [6.45, 7) is 5.88. The molecule has 1 aliphatic rings. The van der Waals surface area contributed by atoms with E-state index < -0.39 is 0 Å². The van der Waals surface area contributed by atoms with Crippen LogP contribution in [0.4, 0.5) is 11.5 Å². The van der Waals surface area contributed by atoms with Crippen LogP contribution in [0.5, 0.6) is 0 Å². The average molecular weight is 469 g/mol. The van der Waals surface area contributed by atoms with E-state index >= 15 is 0 Å². The van der Waals surface area contributed by atoms with E-state index in [1.807, 2.05) is 43.3 Å². The van der Waals surface area contributed by atoms with Gasteiger partial charge < -0.3 is 10.2 Å². The zero-order valence-corrected chi connectivity index (χ0v) is 18.8. The molecular formula is C23H25BrN4O2. The second-order valence-corrected chi connectivity index (χ2v) is 8.91. The van der Waals surface area contributed by atoms with Gasteiger partial charge in [-0.3, -0.25) is 9.59 Å². The molecule has 30 heavy (non-hydrogen) atoms. The van der Waals surface area contributed by atoms with Crippen molar-refractivity contribution in [2.75, 3.05) is 23.3 Å². The SMILES string of the molecule is Cc1ccc(NC(=O)Cn2nc(N3CCCC(C)C3)c3ccccc3c2=O)c(Br)c1. The molecule has 1 N–H and O–H groups in total. The lowest BCUT2D eigenvalue weighted by atomic mass is 10.00. The number of hydrogen-bond acceptors (Lipinski definition) is 4. The molecule has 2 aromatic carbocycles. The molecule has 1 atom stereocenters. The Morgan fingerprint density at radius 2 is 2.00 bits per heavy atom. The lowest BCUT2D eigenvalue weighted by Gasteiger charge is -2.32. The molecule has 1 saturated heterocycles. The van der Waals surface area contributed by atoms with Crippen LogP contribution in [-0.2, 0) is 11.3 Å². The molecule has 1 aromatic heterocycles. The number of anilines is 2. The Morgan fingerprint density at radius 3 is 2.73 bits per heavy atom. The van der Waals surface area contributed by atoms with Crippen LogP contribution in [-0.4, -0.2) is 28.8 Å². The molecule has 1 fully saturated rings. The molecule has 0 aliphatic carbocycles. The molecule has 0 saturated carbocycles. The zero-order chi connectivity index (χ0) is 21.3. The summed E-state index contributed by atoms with van der Waals surface area (Å²) in [6.07, 6.45) is 2.29. The van der Waals surface area contributed by atoms with Crippen LogP contribution >= 0.6 is 15.9 Å². The van der Waals surface area contributed by atoms with Crippen molar-refractivity contribution in [2.24, 2.45) is 5.92 Å². The first-order valence-corrected chi connectivity index (χ1v) is 11.0. The molecule has 0 radical (unpaired) electrons. The Bertz CT molecular complexity index is 1160. The first-order chi connectivity index (χ1) is 14.4. The van der Waals surface area contributed by atoms with E-state index in [2.05, 4.69) is 38.2 Å². The summed E-state index contributed by atoms with van der Waals surface area (Å²) >= 11 is 3.47. The fourth-order valence-corrected chi connectivity index (χ4v) is 4.58. The number of nitrogens with zero attached hydrogens (tertiary/aromatic N) is 3. The Hall–Kier alpha value is -2.67. The minimum atomic E-state index is -0.289. The number of rotatable bonds is 4. The maximum Gasteiger partial charge on any atom is 0.275 e. The van der Waals surface area contributed by atoms with Gasteiger partial charge in [-0.1, -0.05) is 31.2 Å². The summed E-state index contributed by atoms with van der Waals surface area (Å²) in [5, 5.41) is 8.93. The highest BCUT2D eigenvalue weighted by Gasteiger charge is 2.22. The predicted octanol–water partition coefficient (Wildman–Crippen LogP) is 4.34. The molecule has 156 valence electrons. The summed E-state index contributed by atoms with van der Waals surface area (Å²) in [4.78, 5) is 28.0. The van der Waals surface area contributed by atoms with Crippen molar-refractivity contribution < 1.29 is 4.79 Å². The molecule has 6 nitrogen and oxygen atoms in total. The lowest BCUT2D eigenvalue weighted by Crippen LogP contribution is -2.38. The van der Waals surface area contributed by atoms with E-state index in [1.54, 1.807) is 6.07 Å². The Morgan fingerprint density at radius 1 is 1.23 bits per heavy atom. The number of aryl methyl sites for hydroxylation is 1. The number of aromatic nitrogens is 2. The van der Waals surface area contributed by atoms with Crippen molar-refractivity contribution in [3.05, 3.63) is 62.9 Å². The van der Waals surface area contributed by atoms with Crippen molar-refractivity contribution in [2.45, 2.75) is 33.2 Å². The number of amides is 1. The van der Waals surface area contributed by atoms with Crippen molar-refractivity contribution in [1.29, 1.82) is 0 Å². The van der Waals surface area contributed by atoms with Crippen molar-refractivity contribution >= 4 is 44.1 Å². The van der Waals surface area contributed by atoms with Gasteiger partial charge in [-0.2, -0.15) is 5.10 Å². The van der Waals surface area contributed by atoms with Gasteiger partial charge in [0.25, 0.3) is 5.56 Å². The zero-order valence-electron chi connectivity index (χ0n) is 17.2. The predicted molar refractivity (Wildman–Crippen MR) is 124 cm³/mol. The highest BCUT2D eigenvalue weighted by Crippen LogP contribution is 2.27. The number of benzene rings is 2. The lowest BCUT2D eigenvalue weighted by molar-refractivity contribution is -0.117. The number of carbonyl (C=O) groups is 1. The summed E-state index contributed by atoms with van der Waals surface area (Å²) in [5.41, 5.74) is 1.51. The van der Waals surface area contributed by atoms with E-state index in [9.17, 15) is 9.59 Å². The van der Waals surface area contributed by atoms with Gasteiger partial charge >= 0.3 is 0 Å². The third kappa shape index (κ3) is 4.26. The van der Waals surface area contributed by atoms with Gasteiger partial charge in [-0.05, 0) is 65.4 Å². The third-order valence-corrected chi connectivity index (χ3v) is 6.15. The number of fused-ring (bicyclic) bond motifs is 1. The summed E-state index contributed by atoms with van der Waals surface area (Å²) in [7, 11) is 0. The summed E-state index contributed by atoms with van der Waals surface area (Å²) in [6, 6.07) is 13.2. The summed E-state index contributed by atoms with van der Waals surface area (Å²) < 4.78 is 2.09. The van der Waals surface area contributed by atoms with Gasteiger partial charge in [-0.15, -0.1) is 0 Å². The third-order valence-electron chi connectivity index (χ3n) is 5.50. The Labute approximate surface area is 184 Å². The van der Waals surface area contributed by atoms with Crippen LogP contribution in [0.15, 0.2) is 51.7 Å². The molecule has 7 heteroatoms. The molecule has 1 unspecified atom stereocenters. The fourth-order valence-electron chi connectivity index (χ4n) is 3.99. The number of nitrogens with one attached hydrogen (secondary N) is 1. The van der Waals surface area contributed by atoms with E-state index in [-0.39, 0.29) is 18.0 Å². The fraction of sp³-hybridized carbons (Fsp3) is 0.348. The van der Waals surface area contributed by atoms with Crippen LogP contribution < -0.4 is 15.8 Å². The Balaban J connectivity index is 1.67. The maximum atomic E-state index is 13.0. The average Bonchev–Trinajstić information content (AvgIpc) is 2.72. The van der Waals surface area contributed by atoms with Crippen molar-refractivity contribution in [1.82, 2.24) is 9.78 Å². The molecule has 0 bridgehead atoms. The van der Waals surface area contributed by atoms with Gasteiger partial charge in [0.15, 0.2) is 5.82 Å². The number of piperidine rings is 1. The van der Waals surface area contributed by atoms with Gasteiger partial charge in [0.2, 0.25) is 5.91 Å². The Kier molecular flexibility index (Phi) is 5.90. The van der Waals surface area contributed by atoms with Crippen LogP contribution in [0.3, 0.4) is 0 Å². The highest BCUT2D eigenvalue weighted by molar-refractivity contribution is 9.10. The van der Waals surface area contributed by atoms with E-state index in [4.69, 9.17) is 0 Å². The van der Waals surface area contributed by atoms with E-state index in [0.29, 0.717) is 17.0 Å². The van der Waals surface area contributed by atoms with Crippen LogP contribution in [0, 0.1) is 12.8 Å². The summed E-state index contributed by atoms with van der Waals surface area (Å²) in [5.74, 6) is 1.06. The largest absolute Gasteiger partial charge is 0.354 e. The molecule has 0 spiro atoms. The molecule has 1 amide bonds. The highest BCUT2D eigenvalue weighted by atomic mass is 79.9. The van der Waals surface area contributed by atoms with Crippen molar-refractivity contribution in [3.63, 3.8) is 0 Å². The van der Waals surface area contributed by atoms with Crippen molar-refractivity contribution in [3.8, 4) is 0 Å². The first-order valence-electron chi connectivity index (χ1n) is 10.2. The quantitative estimate of drug-likeness (QED) is 0.618. The molecule has 4 rings (SSSR count). The van der Waals surface area contributed by atoms with Gasteiger partial charge in [0.05, 0.1) is 11.1 Å². The van der Waals surface area contributed by atoms with E-state index in [1.165, 1.54) is 11.1 Å². The molecular weight excluding hydrogens is 444 g/mol. The number of hydrogen-bond donors (Lipinski definition) is 1. The van der Waals surface area contributed by atoms with Gasteiger partial charge in [0, 0.05) is 22.9 Å². The minimum Gasteiger partial charge on any atom is -0.354 e. The normalized spacial score (nSPS) is 16.6. The standard InChI is InChI=1S/C23H25BrN4O2/c1-15-9-10-20(19(24)12-15)25-21(29)14-28-23(30)18-8-4-3-7-17(18)22(26-28)27-11-5-6-16(2)13-27/h3-4,7-10,12,16H,5-6,11,13-14H2,1-2H3,(H,25,29). The molecule has 1 aliphatic heterocycles. The number of carbonyl (C=O) groups excluding carboxylic acids is 1. The second-order valence-electron chi connectivity index (χ2n) is 8.06. The van der Waals surface area contributed by atoms with Gasteiger partial charge in [-0.25, -0.2) is 4.68 Å². The van der Waals surface area contributed by atoms with E-state index in [0.717, 1.165) is 40.8 Å². The molecule has 3 aromatic rings. The minimum absolute atomic E-state index is 0.139. The van der Waals surface area contributed by atoms with Crippen LogP contribution in [0.2, 0.25) is 0 Å². The van der Waals surface area contributed by atoms with Crippen LogP contribution in [0.1, 0.15) is 25.3 Å². The van der Waals surface area contributed by atoms with Gasteiger partial charge in [0.1, 0.15) is 6.54 Å². The van der Waals surface area contributed by atoms with Crippen LogP contribution in [0.25, 0.3) is 10.8 Å². The topological polar surface area (TPSA) is 67.2 Å². The maximum absolute atomic E-state index is 13.0. The first kappa shape index (κ1) is 20.6. The smallest absolute Gasteiger partial charge is 0.275 e. The monoisotopic (exact) mass is 468 g/mol. The molecule has 2 heterocycles. The number of halogens is 1.